The molecule has 0 fully saturated rings. The van der Waals surface area contributed by atoms with E-state index in [1.165, 1.54) is 11.3 Å². The molecule has 1 N–H and O–H groups in total. The van der Waals surface area contributed by atoms with E-state index in [0.29, 0.717) is 5.69 Å². The van der Waals surface area contributed by atoms with Crippen LogP contribution >= 0.6 is 11.3 Å². The number of halogens is 3. The van der Waals surface area contributed by atoms with Gasteiger partial charge in [-0.05, 0) is 26.0 Å². The standard InChI is InChI=1S/C15H18F3N3O2S/c1-10-3-4-11(2)21(10)14-20-12(8-24-14)7-13(22)19-5-6-23-9-15(16,17)18/h3-4,8H,5-7,9H2,1-2H3,(H,19,22). The third-order valence-corrected chi connectivity index (χ3v) is 4.05. The van der Waals surface area contributed by atoms with Gasteiger partial charge in [-0.2, -0.15) is 13.2 Å². The number of hydrogen-bond acceptors (Lipinski definition) is 4. The monoisotopic (exact) mass is 361 g/mol. The van der Waals surface area contributed by atoms with E-state index in [-0.39, 0.29) is 25.5 Å². The van der Waals surface area contributed by atoms with Crippen LogP contribution in [0.5, 0.6) is 0 Å². The number of carbonyl (C=O) groups is 1. The summed E-state index contributed by atoms with van der Waals surface area (Å²) in [5.41, 5.74) is 2.73. The first-order valence-electron chi connectivity index (χ1n) is 7.27. The van der Waals surface area contributed by atoms with Crippen LogP contribution < -0.4 is 5.32 Å². The van der Waals surface area contributed by atoms with Gasteiger partial charge in [-0.15, -0.1) is 11.3 Å². The number of alkyl halides is 3. The molecule has 132 valence electrons. The first-order valence-corrected chi connectivity index (χ1v) is 8.15. The van der Waals surface area contributed by atoms with Crippen LogP contribution in [0, 0.1) is 13.8 Å². The van der Waals surface area contributed by atoms with E-state index in [4.69, 9.17) is 0 Å². The summed E-state index contributed by atoms with van der Waals surface area (Å²) in [7, 11) is 0. The largest absolute Gasteiger partial charge is 0.411 e. The topological polar surface area (TPSA) is 56.2 Å². The van der Waals surface area contributed by atoms with Crippen molar-refractivity contribution in [3.63, 3.8) is 0 Å². The normalized spacial score (nSPS) is 11.7. The zero-order valence-electron chi connectivity index (χ0n) is 13.3. The molecule has 0 aliphatic rings. The van der Waals surface area contributed by atoms with Crippen LogP contribution in [-0.4, -0.2) is 41.4 Å². The molecule has 0 aliphatic carbocycles. The van der Waals surface area contributed by atoms with Crippen molar-refractivity contribution in [3.05, 3.63) is 34.6 Å². The number of rotatable bonds is 7. The highest BCUT2D eigenvalue weighted by atomic mass is 32.1. The second-order valence-corrected chi connectivity index (χ2v) is 6.10. The van der Waals surface area contributed by atoms with Gasteiger partial charge in [-0.3, -0.25) is 9.36 Å². The summed E-state index contributed by atoms with van der Waals surface area (Å²) in [6, 6.07) is 3.98. The van der Waals surface area contributed by atoms with Gasteiger partial charge in [-0.25, -0.2) is 4.98 Å². The van der Waals surface area contributed by atoms with E-state index in [1.54, 1.807) is 5.38 Å². The SMILES string of the molecule is Cc1ccc(C)n1-c1nc(CC(=O)NCCOCC(F)(F)F)cs1. The van der Waals surface area contributed by atoms with E-state index < -0.39 is 12.8 Å². The Kier molecular flexibility index (Phi) is 6.00. The summed E-state index contributed by atoms with van der Waals surface area (Å²) in [6.07, 6.45) is -4.27. The molecule has 1 amide bonds. The zero-order chi connectivity index (χ0) is 17.7. The van der Waals surface area contributed by atoms with Gasteiger partial charge in [0.05, 0.1) is 18.7 Å². The molecule has 0 aliphatic heterocycles. The maximum absolute atomic E-state index is 11.9. The number of aryl methyl sites for hydroxylation is 2. The Morgan fingerprint density at radius 3 is 2.62 bits per heavy atom. The van der Waals surface area contributed by atoms with Crippen molar-refractivity contribution in [2.75, 3.05) is 19.8 Å². The fourth-order valence-electron chi connectivity index (χ4n) is 2.13. The van der Waals surface area contributed by atoms with Crippen LogP contribution in [0.3, 0.4) is 0 Å². The molecule has 0 spiro atoms. The van der Waals surface area contributed by atoms with Crippen LogP contribution in [0.4, 0.5) is 13.2 Å². The molecule has 2 aromatic rings. The molecule has 0 saturated heterocycles. The van der Waals surface area contributed by atoms with Crippen molar-refractivity contribution < 1.29 is 22.7 Å². The van der Waals surface area contributed by atoms with Crippen molar-refractivity contribution in [2.24, 2.45) is 0 Å². The van der Waals surface area contributed by atoms with Gasteiger partial charge in [0.2, 0.25) is 5.91 Å². The molecule has 0 atom stereocenters. The Morgan fingerprint density at radius 2 is 2.00 bits per heavy atom. The maximum atomic E-state index is 11.9. The molecular formula is C15H18F3N3O2S. The van der Waals surface area contributed by atoms with Gasteiger partial charge in [0.25, 0.3) is 0 Å². The zero-order valence-corrected chi connectivity index (χ0v) is 14.1. The minimum atomic E-state index is -4.35. The first kappa shape index (κ1) is 18.5. The van der Waals surface area contributed by atoms with Crippen LogP contribution in [-0.2, 0) is 16.0 Å². The smallest absolute Gasteiger partial charge is 0.370 e. The van der Waals surface area contributed by atoms with Crippen molar-refractivity contribution in [3.8, 4) is 5.13 Å². The Bertz CT molecular complexity index is 675. The average molecular weight is 361 g/mol. The highest BCUT2D eigenvalue weighted by Gasteiger charge is 2.27. The number of hydrogen-bond donors (Lipinski definition) is 1. The second-order valence-electron chi connectivity index (χ2n) is 5.27. The van der Waals surface area contributed by atoms with Gasteiger partial charge in [0.1, 0.15) is 6.61 Å². The number of nitrogens with one attached hydrogen (secondary N) is 1. The molecule has 2 aromatic heterocycles. The van der Waals surface area contributed by atoms with Gasteiger partial charge in [0.15, 0.2) is 5.13 Å². The van der Waals surface area contributed by atoms with E-state index in [2.05, 4.69) is 15.0 Å². The summed E-state index contributed by atoms with van der Waals surface area (Å²) in [5.74, 6) is -0.302. The van der Waals surface area contributed by atoms with Gasteiger partial charge in [-0.1, -0.05) is 0 Å². The third kappa shape index (κ3) is 5.34. The molecule has 0 radical (unpaired) electrons. The highest BCUT2D eigenvalue weighted by Crippen LogP contribution is 2.20. The predicted molar refractivity (Wildman–Crippen MR) is 84.5 cm³/mol. The lowest BCUT2D eigenvalue weighted by Gasteiger charge is -2.08. The minimum Gasteiger partial charge on any atom is -0.370 e. The van der Waals surface area contributed by atoms with Crippen LogP contribution in [0.15, 0.2) is 17.5 Å². The minimum absolute atomic E-state index is 0.0295. The van der Waals surface area contributed by atoms with E-state index in [9.17, 15) is 18.0 Å². The van der Waals surface area contributed by atoms with Crippen LogP contribution in [0.2, 0.25) is 0 Å². The van der Waals surface area contributed by atoms with E-state index in [1.807, 2.05) is 30.5 Å². The Balaban J connectivity index is 1.79. The fourth-order valence-corrected chi connectivity index (χ4v) is 3.07. The predicted octanol–water partition coefficient (Wildman–Crippen LogP) is 2.79. The third-order valence-electron chi connectivity index (χ3n) is 3.18. The van der Waals surface area contributed by atoms with Gasteiger partial charge in [0, 0.05) is 23.3 Å². The quantitative estimate of drug-likeness (QED) is 0.772. The molecule has 0 aromatic carbocycles. The molecule has 2 heterocycles. The van der Waals surface area contributed by atoms with Crippen molar-refractivity contribution in [1.29, 1.82) is 0 Å². The summed E-state index contributed by atoms with van der Waals surface area (Å²) in [5, 5.41) is 5.09. The summed E-state index contributed by atoms with van der Waals surface area (Å²) in [6.45, 7) is 2.48. The van der Waals surface area contributed by atoms with Crippen molar-refractivity contribution >= 4 is 17.2 Å². The van der Waals surface area contributed by atoms with Crippen molar-refractivity contribution in [2.45, 2.75) is 26.4 Å². The highest BCUT2D eigenvalue weighted by molar-refractivity contribution is 7.12. The van der Waals surface area contributed by atoms with Crippen LogP contribution in [0.1, 0.15) is 17.1 Å². The lowest BCUT2D eigenvalue weighted by Crippen LogP contribution is -2.30. The second kappa shape index (κ2) is 7.80. The Morgan fingerprint density at radius 1 is 1.33 bits per heavy atom. The molecule has 0 saturated carbocycles. The lowest BCUT2D eigenvalue weighted by molar-refractivity contribution is -0.173. The number of thiazole rings is 1. The summed E-state index contributed by atoms with van der Waals surface area (Å²) in [4.78, 5) is 16.2. The maximum Gasteiger partial charge on any atom is 0.411 e. The molecular weight excluding hydrogens is 343 g/mol. The van der Waals surface area contributed by atoms with Crippen LogP contribution in [0.25, 0.3) is 5.13 Å². The fraction of sp³-hybridized carbons (Fsp3) is 0.467. The Labute approximate surface area is 141 Å². The molecule has 5 nitrogen and oxygen atoms in total. The lowest BCUT2D eigenvalue weighted by atomic mass is 10.3. The first-order chi connectivity index (χ1) is 11.3. The number of amides is 1. The number of aromatic nitrogens is 2. The number of carbonyl (C=O) groups excluding carboxylic acids is 1. The summed E-state index contributed by atoms with van der Waals surface area (Å²) < 4.78 is 42.1. The van der Waals surface area contributed by atoms with Gasteiger partial charge >= 0.3 is 6.18 Å². The molecule has 9 heteroatoms. The van der Waals surface area contributed by atoms with Gasteiger partial charge < -0.3 is 10.1 Å². The number of ether oxygens (including phenoxy) is 1. The molecule has 0 bridgehead atoms. The molecule has 24 heavy (non-hydrogen) atoms. The molecule has 0 unspecified atom stereocenters. The molecule has 2 rings (SSSR count). The van der Waals surface area contributed by atoms with E-state index >= 15 is 0 Å². The number of nitrogens with zero attached hydrogens (tertiary/aromatic N) is 2. The van der Waals surface area contributed by atoms with E-state index in [0.717, 1.165) is 16.5 Å². The van der Waals surface area contributed by atoms with Crippen molar-refractivity contribution in [1.82, 2.24) is 14.9 Å². The Hall–Kier alpha value is -1.87. The summed E-state index contributed by atoms with van der Waals surface area (Å²) >= 11 is 1.43. The average Bonchev–Trinajstić information content (AvgIpc) is 3.04.